The zero-order chi connectivity index (χ0) is 26.9. The fraction of sp³-hybridized carbons (Fsp3) is 0. The molecule has 0 aliphatic rings. The lowest BCUT2D eigenvalue weighted by Gasteiger charge is -2.14. The maximum Gasteiger partial charge on any atom is 0.235 e. The molecule has 2 heterocycles. The van der Waals surface area contributed by atoms with Gasteiger partial charge in [0.05, 0.1) is 22.2 Å². The van der Waals surface area contributed by atoms with E-state index in [0.717, 1.165) is 38.6 Å². The van der Waals surface area contributed by atoms with E-state index in [1.807, 2.05) is 0 Å². The van der Waals surface area contributed by atoms with Crippen molar-refractivity contribution in [2.75, 3.05) is 0 Å². The number of benzene rings is 7. The number of aromatic nitrogens is 3. The lowest BCUT2D eigenvalue weighted by atomic mass is 10.00. The van der Waals surface area contributed by atoms with Crippen molar-refractivity contribution in [3.8, 4) is 17.2 Å². The summed E-state index contributed by atoms with van der Waals surface area (Å²) in [5.41, 5.74) is 5.19. The highest BCUT2D eigenvalue weighted by Crippen LogP contribution is 2.38. The van der Waals surface area contributed by atoms with Crippen molar-refractivity contribution in [2.45, 2.75) is 0 Å². The van der Waals surface area contributed by atoms with Gasteiger partial charge in [-0.05, 0) is 51.2 Å². The zero-order valence-electron chi connectivity index (χ0n) is 22.1. The Hall–Kier alpha value is -5.54. The predicted molar refractivity (Wildman–Crippen MR) is 172 cm³/mol. The molecule has 0 fully saturated rings. The van der Waals surface area contributed by atoms with Gasteiger partial charge in [-0.3, -0.25) is 4.57 Å². The summed E-state index contributed by atoms with van der Waals surface area (Å²) in [5, 5.41) is 10.7. The van der Waals surface area contributed by atoms with Crippen molar-refractivity contribution in [2.24, 2.45) is 0 Å². The third-order valence-electron chi connectivity index (χ3n) is 8.36. The number of rotatable bonds is 2. The molecular formula is C38H23N3. The van der Waals surface area contributed by atoms with E-state index in [1.165, 1.54) is 37.7 Å². The normalized spacial score (nSPS) is 11.9. The molecule has 0 radical (unpaired) electrons. The van der Waals surface area contributed by atoms with Gasteiger partial charge in [0.25, 0.3) is 0 Å². The van der Waals surface area contributed by atoms with Crippen LogP contribution in [0.4, 0.5) is 0 Å². The molecule has 7 aromatic carbocycles. The average Bonchev–Trinajstić information content (AvgIpc) is 3.39. The summed E-state index contributed by atoms with van der Waals surface area (Å²) >= 11 is 0. The minimum absolute atomic E-state index is 0.679. The second kappa shape index (κ2) is 8.48. The van der Waals surface area contributed by atoms with E-state index in [2.05, 4.69) is 144 Å². The summed E-state index contributed by atoms with van der Waals surface area (Å²) in [5.74, 6) is 0.679. The maximum absolute atomic E-state index is 5.36. The van der Waals surface area contributed by atoms with Gasteiger partial charge in [0, 0.05) is 27.1 Å². The first-order valence-electron chi connectivity index (χ1n) is 13.9. The van der Waals surface area contributed by atoms with Gasteiger partial charge in [-0.25, -0.2) is 9.97 Å². The minimum atomic E-state index is 0.679. The summed E-state index contributed by atoms with van der Waals surface area (Å²) in [6.45, 7) is 0. The summed E-state index contributed by atoms with van der Waals surface area (Å²) < 4.78 is 2.24. The highest BCUT2D eigenvalue weighted by Gasteiger charge is 2.19. The van der Waals surface area contributed by atoms with Crippen LogP contribution < -0.4 is 0 Å². The third kappa shape index (κ3) is 3.26. The van der Waals surface area contributed by atoms with Crippen LogP contribution in [0.3, 0.4) is 0 Å². The molecule has 0 spiro atoms. The minimum Gasteiger partial charge on any atom is -0.278 e. The molecule has 0 saturated carbocycles. The molecular weight excluding hydrogens is 498 g/mol. The van der Waals surface area contributed by atoms with Gasteiger partial charge in [-0.1, -0.05) is 115 Å². The molecule has 0 amide bonds. The third-order valence-corrected chi connectivity index (χ3v) is 8.36. The Morgan fingerprint density at radius 3 is 1.90 bits per heavy atom. The highest BCUT2D eigenvalue weighted by molar-refractivity contribution is 6.21. The number of para-hydroxylation sites is 1. The van der Waals surface area contributed by atoms with Crippen LogP contribution in [0.25, 0.3) is 82.2 Å². The van der Waals surface area contributed by atoms with E-state index >= 15 is 0 Å². The Morgan fingerprint density at radius 1 is 0.415 bits per heavy atom. The second-order valence-corrected chi connectivity index (χ2v) is 10.7. The molecule has 3 nitrogen and oxygen atoms in total. The molecule has 0 aliphatic heterocycles. The molecule has 0 unspecified atom stereocenters. The molecule has 190 valence electrons. The molecule has 0 saturated heterocycles. The Labute approximate surface area is 235 Å². The van der Waals surface area contributed by atoms with E-state index in [-0.39, 0.29) is 0 Å². The van der Waals surface area contributed by atoms with E-state index in [1.54, 1.807) is 0 Å². The number of hydrogen-bond donors (Lipinski definition) is 0. The fourth-order valence-corrected chi connectivity index (χ4v) is 6.46. The Morgan fingerprint density at radius 2 is 1.05 bits per heavy atom. The number of hydrogen-bond acceptors (Lipinski definition) is 2. The first kappa shape index (κ1) is 22.3. The maximum atomic E-state index is 5.36. The van der Waals surface area contributed by atoms with Crippen LogP contribution in [0.1, 0.15) is 0 Å². The van der Waals surface area contributed by atoms with Crippen molar-refractivity contribution >= 4 is 65.0 Å². The van der Waals surface area contributed by atoms with Gasteiger partial charge >= 0.3 is 0 Å². The van der Waals surface area contributed by atoms with Crippen LogP contribution in [0.5, 0.6) is 0 Å². The van der Waals surface area contributed by atoms with Crippen LogP contribution in [-0.2, 0) is 0 Å². The van der Waals surface area contributed by atoms with Crippen molar-refractivity contribution < 1.29 is 0 Å². The molecule has 41 heavy (non-hydrogen) atoms. The monoisotopic (exact) mass is 521 g/mol. The van der Waals surface area contributed by atoms with Crippen molar-refractivity contribution in [3.63, 3.8) is 0 Å². The average molecular weight is 522 g/mol. The first-order valence-corrected chi connectivity index (χ1v) is 13.9. The van der Waals surface area contributed by atoms with Crippen LogP contribution in [0.2, 0.25) is 0 Å². The van der Waals surface area contributed by atoms with Crippen LogP contribution in [-0.4, -0.2) is 14.5 Å². The van der Waals surface area contributed by atoms with Gasteiger partial charge in [-0.2, -0.15) is 0 Å². The quantitative estimate of drug-likeness (QED) is 0.212. The van der Waals surface area contributed by atoms with Crippen LogP contribution in [0, 0.1) is 0 Å². The van der Waals surface area contributed by atoms with Gasteiger partial charge in [0.15, 0.2) is 0 Å². The van der Waals surface area contributed by atoms with Crippen molar-refractivity contribution in [3.05, 3.63) is 140 Å². The van der Waals surface area contributed by atoms with Crippen molar-refractivity contribution in [1.82, 2.24) is 14.5 Å². The molecule has 9 aromatic rings. The molecule has 0 N–H and O–H groups in total. The Kier molecular flexibility index (Phi) is 4.61. The largest absolute Gasteiger partial charge is 0.278 e. The lowest BCUT2D eigenvalue weighted by Crippen LogP contribution is -2.03. The molecule has 9 rings (SSSR count). The number of nitrogens with zero attached hydrogens (tertiary/aromatic N) is 3. The van der Waals surface area contributed by atoms with Gasteiger partial charge < -0.3 is 0 Å². The lowest BCUT2D eigenvalue weighted by molar-refractivity contribution is 1.02. The zero-order valence-corrected chi connectivity index (χ0v) is 22.1. The molecule has 0 atom stereocenters. The van der Waals surface area contributed by atoms with Crippen molar-refractivity contribution in [1.29, 1.82) is 0 Å². The highest BCUT2D eigenvalue weighted by atomic mass is 15.2. The smallest absolute Gasteiger partial charge is 0.235 e. The standard InChI is InChI=1S/C38H23N3/c1-2-12-27-23-28(18-17-24(27)9-1)36-32-21-19-26-11-4-6-14-30(26)37(32)40-38(39-36)41-33-16-8-7-15-31(33)35-29-13-5-3-10-25(29)20-22-34(35)41/h1-23H. The van der Waals surface area contributed by atoms with E-state index in [4.69, 9.17) is 9.97 Å². The van der Waals surface area contributed by atoms with Gasteiger partial charge in [0.1, 0.15) is 0 Å². The number of fused-ring (bicyclic) bond motifs is 9. The molecule has 0 aliphatic carbocycles. The van der Waals surface area contributed by atoms with E-state index in [9.17, 15) is 0 Å². The molecule has 0 bridgehead atoms. The predicted octanol–water partition coefficient (Wildman–Crippen LogP) is 9.85. The molecule has 3 heteroatoms. The summed E-state index contributed by atoms with van der Waals surface area (Å²) in [6, 6.07) is 49.6. The second-order valence-electron chi connectivity index (χ2n) is 10.7. The SMILES string of the molecule is c1ccc2cc(-c3nc(-n4c5ccccc5c5c6ccccc6ccc54)nc4c3ccc3ccccc34)ccc2c1. The summed E-state index contributed by atoms with van der Waals surface area (Å²) in [6.07, 6.45) is 0. The Balaban J connectivity index is 1.45. The Bertz CT molecular complexity index is 2490. The van der Waals surface area contributed by atoms with E-state index < -0.39 is 0 Å². The topological polar surface area (TPSA) is 30.7 Å². The first-order chi connectivity index (χ1) is 20.3. The van der Waals surface area contributed by atoms with Gasteiger partial charge in [0.2, 0.25) is 5.95 Å². The summed E-state index contributed by atoms with van der Waals surface area (Å²) in [4.78, 5) is 10.7. The van der Waals surface area contributed by atoms with Crippen LogP contribution in [0.15, 0.2) is 140 Å². The van der Waals surface area contributed by atoms with Crippen LogP contribution >= 0.6 is 0 Å². The fourth-order valence-electron chi connectivity index (χ4n) is 6.46. The van der Waals surface area contributed by atoms with E-state index in [0.29, 0.717) is 5.95 Å². The summed E-state index contributed by atoms with van der Waals surface area (Å²) in [7, 11) is 0. The molecule has 2 aromatic heterocycles. The van der Waals surface area contributed by atoms with Gasteiger partial charge in [-0.15, -0.1) is 0 Å².